The molecule has 0 aliphatic heterocycles. The molecule has 0 fully saturated rings. The Morgan fingerprint density at radius 1 is 1.10 bits per heavy atom. The van der Waals surface area contributed by atoms with Crippen molar-refractivity contribution >= 4 is 18.2 Å². The van der Waals surface area contributed by atoms with Crippen molar-refractivity contribution < 1.29 is 4.79 Å². The van der Waals surface area contributed by atoms with E-state index in [1.807, 2.05) is 60.8 Å². The Bertz CT molecular complexity index is 996. The summed E-state index contributed by atoms with van der Waals surface area (Å²) >= 11 is 0. The van der Waals surface area contributed by atoms with Crippen molar-refractivity contribution in [3.8, 4) is 0 Å². The largest absolute Gasteiger partial charge is 0.271 e. The van der Waals surface area contributed by atoms with Gasteiger partial charge in [0.15, 0.2) is 0 Å². The number of hydrogen-bond acceptors (Lipinski definition) is 4. The molecule has 1 N–H and O–H groups in total. The van der Waals surface area contributed by atoms with Crippen molar-refractivity contribution in [3.05, 3.63) is 89.3 Å². The van der Waals surface area contributed by atoms with Gasteiger partial charge in [-0.1, -0.05) is 68.4 Å². The Labute approximate surface area is 171 Å². The van der Waals surface area contributed by atoms with Crippen LogP contribution in [0.1, 0.15) is 48.0 Å². The first-order valence-corrected chi connectivity index (χ1v) is 9.46. The van der Waals surface area contributed by atoms with Crippen LogP contribution in [0.3, 0.4) is 0 Å². The first kappa shape index (κ1) is 20.2. The van der Waals surface area contributed by atoms with Gasteiger partial charge in [-0.2, -0.15) is 5.10 Å². The van der Waals surface area contributed by atoms with Gasteiger partial charge >= 0.3 is 0 Å². The van der Waals surface area contributed by atoms with E-state index in [9.17, 15) is 4.79 Å². The summed E-state index contributed by atoms with van der Waals surface area (Å²) in [4.78, 5) is 12.1. The van der Waals surface area contributed by atoms with E-state index in [0.717, 1.165) is 11.3 Å². The van der Waals surface area contributed by atoms with Crippen LogP contribution in [0.25, 0.3) is 6.08 Å². The van der Waals surface area contributed by atoms with Crippen LogP contribution in [-0.4, -0.2) is 27.1 Å². The van der Waals surface area contributed by atoms with E-state index in [1.54, 1.807) is 16.8 Å². The average molecular weight is 387 g/mol. The predicted molar refractivity (Wildman–Crippen MR) is 116 cm³/mol. The van der Waals surface area contributed by atoms with Gasteiger partial charge in [0.2, 0.25) is 0 Å². The second-order valence-corrected chi connectivity index (χ2v) is 7.73. The molecule has 148 valence electrons. The van der Waals surface area contributed by atoms with Crippen LogP contribution in [0.2, 0.25) is 0 Å². The zero-order chi connectivity index (χ0) is 20.7. The fourth-order valence-corrected chi connectivity index (χ4v) is 2.70. The van der Waals surface area contributed by atoms with E-state index in [2.05, 4.69) is 41.6 Å². The molecular weight excluding hydrogens is 362 g/mol. The van der Waals surface area contributed by atoms with Crippen molar-refractivity contribution in [3.63, 3.8) is 0 Å². The Hall–Kier alpha value is -3.54. The number of nitrogens with one attached hydrogen (secondary N) is 1. The third kappa shape index (κ3) is 5.97. The van der Waals surface area contributed by atoms with E-state index in [0.29, 0.717) is 12.1 Å². The van der Waals surface area contributed by atoms with Crippen molar-refractivity contribution in [2.75, 3.05) is 0 Å². The molecule has 0 bridgehead atoms. The Morgan fingerprint density at radius 3 is 2.52 bits per heavy atom. The van der Waals surface area contributed by atoms with Crippen LogP contribution in [0.4, 0.5) is 0 Å². The second kappa shape index (κ2) is 9.10. The summed E-state index contributed by atoms with van der Waals surface area (Å²) in [7, 11) is 0. The average Bonchev–Trinajstić information content (AvgIpc) is 3.15. The first-order valence-electron chi connectivity index (χ1n) is 9.46. The van der Waals surface area contributed by atoms with Gasteiger partial charge in [0, 0.05) is 11.8 Å². The summed E-state index contributed by atoms with van der Waals surface area (Å²) in [6, 6.07) is 17.6. The number of hydrazone groups is 1. The van der Waals surface area contributed by atoms with E-state index in [4.69, 9.17) is 0 Å². The van der Waals surface area contributed by atoms with Gasteiger partial charge in [-0.25, -0.2) is 10.1 Å². The number of rotatable bonds is 6. The number of benzene rings is 2. The van der Waals surface area contributed by atoms with Crippen LogP contribution < -0.4 is 5.43 Å². The van der Waals surface area contributed by atoms with Crippen LogP contribution in [0.15, 0.2) is 72.0 Å². The number of carbonyl (C=O) groups excluding carboxylic acids is 1. The molecular formula is C23H25N5O. The summed E-state index contributed by atoms with van der Waals surface area (Å²) in [5, 5.41) is 12.1. The summed E-state index contributed by atoms with van der Waals surface area (Å²) in [5.74, 6) is -0.246. The predicted octanol–water partition coefficient (Wildman–Crippen LogP) is 4.05. The second-order valence-electron chi connectivity index (χ2n) is 7.73. The van der Waals surface area contributed by atoms with Crippen LogP contribution in [-0.2, 0) is 12.0 Å². The molecule has 6 heteroatoms. The normalized spacial score (nSPS) is 12.0. The zero-order valence-corrected chi connectivity index (χ0v) is 16.9. The molecule has 1 amide bonds. The molecule has 3 rings (SSSR count). The molecule has 0 radical (unpaired) electrons. The van der Waals surface area contributed by atoms with Crippen molar-refractivity contribution in [2.45, 2.75) is 32.7 Å². The van der Waals surface area contributed by atoms with Crippen molar-refractivity contribution in [1.82, 2.24) is 20.4 Å². The smallest absolute Gasteiger partial charge is 0.267 e. The molecule has 29 heavy (non-hydrogen) atoms. The Balaban J connectivity index is 1.50. The van der Waals surface area contributed by atoms with Crippen molar-refractivity contribution in [1.29, 1.82) is 0 Å². The number of carbonyl (C=O) groups is 1. The SMILES string of the molecule is CC(C)(C)c1ccc(C(=O)N/N=C\C=C\c2cn(Cc3ccccc3)nn2)cc1. The molecule has 1 heterocycles. The maximum atomic E-state index is 12.1. The lowest BCUT2D eigenvalue weighted by Gasteiger charge is -2.18. The lowest BCUT2D eigenvalue weighted by atomic mass is 9.87. The highest BCUT2D eigenvalue weighted by atomic mass is 16.2. The number of hydrogen-bond donors (Lipinski definition) is 1. The van der Waals surface area contributed by atoms with Gasteiger partial charge < -0.3 is 0 Å². The van der Waals surface area contributed by atoms with E-state index >= 15 is 0 Å². The van der Waals surface area contributed by atoms with E-state index < -0.39 is 0 Å². The molecule has 0 aliphatic rings. The number of allylic oxidation sites excluding steroid dienone is 1. The summed E-state index contributed by atoms with van der Waals surface area (Å²) < 4.78 is 1.77. The molecule has 0 aliphatic carbocycles. The summed E-state index contributed by atoms with van der Waals surface area (Å²) in [6.07, 6.45) is 6.85. The standard InChI is InChI=1S/C23H25N5O/c1-23(2,3)20-13-11-19(12-14-20)22(29)26-24-15-7-10-21-17-28(27-25-21)16-18-8-5-4-6-9-18/h4-15,17H,16H2,1-3H3,(H,26,29)/b10-7+,24-15-. The highest BCUT2D eigenvalue weighted by molar-refractivity contribution is 5.94. The third-order valence-corrected chi connectivity index (χ3v) is 4.35. The highest BCUT2D eigenvalue weighted by Crippen LogP contribution is 2.22. The lowest BCUT2D eigenvalue weighted by molar-refractivity contribution is 0.0955. The Morgan fingerprint density at radius 2 is 1.83 bits per heavy atom. The Kier molecular flexibility index (Phi) is 6.34. The van der Waals surface area contributed by atoms with Gasteiger partial charge in [0.05, 0.1) is 12.7 Å². The lowest BCUT2D eigenvalue weighted by Crippen LogP contribution is -2.18. The van der Waals surface area contributed by atoms with Crippen LogP contribution in [0, 0.1) is 0 Å². The molecule has 6 nitrogen and oxygen atoms in total. The van der Waals surface area contributed by atoms with Gasteiger partial charge in [0.25, 0.3) is 5.91 Å². The first-order chi connectivity index (χ1) is 13.9. The minimum Gasteiger partial charge on any atom is -0.267 e. The minimum atomic E-state index is -0.246. The molecule has 0 unspecified atom stereocenters. The molecule has 0 spiro atoms. The van der Waals surface area contributed by atoms with Gasteiger partial charge in [0.1, 0.15) is 5.69 Å². The van der Waals surface area contributed by atoms with Gasteiger partial charge in [-0.15, -0.1) is 5.10 Å². The molecule has 0 saturated carbocycles. The number of amides is 1. The quantitative estimate of drug-likeness (QED) is 0.512. The zero-order valence-electron chi connectivity index (χ0n) is 16.9. The number of aromatic nitrogens is 3. The third-order valence-electron chi connectivity index (χ3n) is 4.35. The minimum absolute atomic E-state index is 0.0564. The molecule has 0 saturated heterocycles. The monoisotopic (exact) mass is 387 g/mol. The maximum Gasteiger partial charge on any atom is 0.271 e. The van der Waals surface area contributed by atoms with E-state index in [-0.39, 0.29) is 11.3 Å². The summed E-state index contributed by atoms with van der Waals surface area (Å²) in [6.45, 7) is 7.08. The molecule has 0 atom stereocenters. The fraction of sp³-hybridized carbons (Fsp3) is 0.217. The summed E-state index contributed by atoms with van der Waals surface area (Å²) in [5.41, 5.74) is 6.21. The number of nitrogens with zero attached hydrogens (tertiary/aromatic N) is 4. The van der Waals surface area contributed by atoms with Crippen LogP contribution in [0.5, 0.6) is 0 Å². The highest BCUT2D eigenvalue weighted by Gasteiger charge is 2.14. The topological polar surface area (TPSA) is 72.2 Å². The fourth-order valence-electron chi connectivity index (χ4n) is 2.70. The molecule has 3 aromatic rings. The van der Waals surface area contributed by atoms with Crippen molar-refractivity contribution in [2.24, 2.45) is 5.10 Å². The molecule has 2 aromatic carbocycles. The molecule has 1 aromatic heterocycles. The van der Waals surface area contributed by atoms with Gasteiger partial charge in [-0.05, 0) is 40.8 Å². The van der Waals surface area contributed by atoms with Crippen LogP contribution >= 0.6 is 0 Å². The van der Waals surface area contributed by atoms with E-state index in [1.165, 1.54) is 11.8 Å². The van der Waals surface area contributed by atoms with Gasteiger partial charge in [-0.3, -0.25) is 4.79 Å². The maximum absolute atomic E-state index is 12.1.